The molecule has 10 heavy (non-hydrogen) atoms. The van der Waals surface area contributed by atoms with Crippen LogP contribution >= 0.6 is 0 Å². The minimum atomic E-state index is -0.909. The lowest BCUT2D eigenvalue weighted by atomic mass is 10.3. The lowest BCUT2D eigenvalue weighted by Gasteiger charge is -2.02. The lowest BCUT2D eigenvalue weighted by molar-refractivity contribution is 0.0919. The van der Waals surface area contributed by atoms with Gasteiger partial charge in [-0.25, -0.2) is 0 Å². The van der Waals surface area contributed by atoms with E-state index < -0.39 is 6.10 Å². The second kappa shape index (κ2) is 3.24. The molecule has 0 saturated carbocycles. The molecule has 0 bridgehead atoms. The molecule has 0 spiro atoms. The van der Waals surface area contributed by atoms with Crippen molar-refractivity contribution in [1.82, 2.24) is 9.97 Å². The van der Waals surface area contributed by atoms with Crippen LogP contribution in [-0.2, 0) is 0 Å². The second-order valence-electron chi connectivity index (χ2n) is 1.83. The van der Waals surface area contributed by atoms with Crippen LogP contribution in [0.15, 0.2) is 18.6 Å². The summed E-state index contributed by atoms with van der Waals surface area (Å²) in [6.45, 7) is -0.321. The Bertz CT molecular complexity index is 190. The van der Waals surface area contributed by atoms with Gasteiger partial charge in [0.2, 0.25) is 0 Å². The van der Waals surface area contributed by atoms with Gasteiger partial charge < -0.3 is 10.2 Å². The number of hydrogen-bond donors (Lipinski definition) is 2. The summed E-state index contributed by atoms with van der Waals surface area (Å²) in [5.41, 5.74) is 0.394. The van der Waals surface area contributed by atoms with Crippen molar-refractivity contribution >= 4 is 0 Å². The molecule has 0 amide bonds. The molecule has 1 rings (SSSR count). The van der Waals surface area contributed by atoms with Gasteiger partial charge in [0.25, 0.3) is 0 Å². The summed E-state index contributed by atoms with van der Waals surface area (Å²) >= 11 is 0. The molecule has 4 nitrogen and oxygen atoms in total. The van der Waals surface area contributed by atoms with Crippen molar-refractivity contribution in [3.63, 3.8) is 0 Å². The van der Waals surface area contributed by atoms with Crippen molar-refractivity contribution in [1.29, 1.82) is 0 Å². The average molecular weight is 140 g/mol. The molecule has 0 aliphatic heterocycles. The van der Waals surface area contributed by atoms with Gasteiger partial charge in [-0.2, -0.15) is 0 Å². The fourth-order valence-electron chi connectivity index (χ4n) is 0.576. The van der Waals surface area contributed by atoms with E-state index in [1.54, 1.807) is 0 Å². The van der Waals surface area contributed by atoms with E-state index in [0.29, 0.717) is 5.69 Å². The molecule has 0 aliphatic carbocycles. The molecule has 0 aromatic carbocycles. The van der Waals surface area contributed by atoms with Gasteiger partial charge >= 0.3 is 0 Å². The number of rotatable bonds is 2. The fraction of sp³-hybridized carbons (Fsp3) is 0.333. The minimum Gasteiger partial charge on any atom is -0.393 e. The van der Waals surface area contributed by atoms with Crippen molar-refractivity contribution in [2.24, 2.45) is 0 Å². The van der Waals surface area contributed by atoms with Crippen LogP contribution in [0.4, 0.5) is 0 Å². The van der Waals surface area contributed by atoms with Crippen LogP contribution in [-0.4, -0.2) is 26.8 Å². The van der Waals surface area contributed by atoms with Crippen LogP contribution in [0.1, 0.15) is 11.8 Å². The van der Waals surface area contributed by atoms with Crippen molar-refractivity contribution in [2.75, 3.05) is 6.61 Å². The smallest absolute Gasteiger partial charge is 0.120 e. The zero-order chi connectivity index (χ0) is 7.40. The maximum atomic E-state index is 8.98. The number of hydrogen-bond acceptors (Lipinski definition) is 4. The van der Waals surface area contributed by atoms with E-state index in [0.717, 1.165) is 0 Å². The molecule has 0 saturated heterocycles. The summed E-state index contributed by atoms with van der Waals surface area (Å²) in [6, 6.07) is 0. The van der Waals surface area contributed by atoms with Crippen LogP contribution in [0.5, 0.6) is 0 Å². The molecule has 1 atom stereocenters. The highest BCUT2D eigenvalue weighted by molar-refractivity contribution is 4.98. The Labute approximate surface area is 58.2 Å². The standard InChI is InChI=1S/C6H8N2O2/c9-4-6(10)5-3-7-1-2-8-5/h1-3,6,9-10H,4H2/t6-/m0/s1. The van der Waals surface area contributed by atoms with Crippen LogP contribution in [0.25, 0.3) is 0 Å². The van der Waals surface area contributed by atoms with E-state index in [2.05, 4.69) is 9.97 Å². The first-order chi connectivity index (χ1) is 4.84. The maximum absolute atomic E-state index is 8.98. The first-order valence-electron chi connectivity index (χ1n) is 2.89. The quantitative estimate of drug-likeness (QED) is 0.581. The van der Waals surface area contributed by atoms with Crippen LogP contribution in [0.2, 0.25) is 0 Å². The summed E-state index contributed by atoms with van der Waals surface area (Å²) in [5.74, 6) is 0. The Morgan fingerprint density at radius 3 is 2.80 bits per heavy atom. The Balaban J connectivity index is 2.75. The number of aliphatic hydroxyl groups is 2. The first-order valence-corrected chi connectivity index (χ1v) is 2.89. The Kier molecular flexibility index (Phi) is 2.30. The average Bonchev–Trinajstić information content (AvgIpc) is 2.05. The highest BCUT2D eigenvalue weighted by Crippen LogP contribution is 2.04. The highest BCUT2D eigenvalue weighted by atomic mass is 16.3. The van der Waals surface area contributed by atoms with Gasteiger partial charge in [0.05, 0.1) is 18.5 Å². The van der Waals surface area contributed by atoms with Crippen LogP contribution in [0.3, 0.4) is 0 Å². The van der Waals surface area contributed by atoms with E-state index in [1.165, 1.54) is 18.6 Å². The monoisotopic (exact) mass is 140 g/mol. The number of aliphatic hydroxyl groups excluding tert-OH is 2. The second-order valence-corrected chi connectivity index (χ2v) is 1.83. The molecule has 4 heteroatoms. The van der Waals surface area contributed by atoms with Gasteiger partial charge in [0.15, 0.2) is 0 Å². The first kappa shape index (κ1) is 7.11. The molecule has 0 radical (unpaired) electrons. The van der Waals surface area contributed by atoms with Crippen molar-refractivity contribution in [3.05, 3.63) is 24.3 Å². The molecule has 0 unspecified atom stereocenters. The van der Waals surface area contributed by atoms with Crippen molar-refractivity contribution in [3.8, 4) is 0 Å². The molecule has 54 valence electrons. The summed E-state index contributed by atoms with van der Waals surface area (Å²) in [7, 11) is 0. The largest absolute Gasteiger partial charge is 0.393 e. The van der Waals surface area contributed by atoms with Gasteiger partial charge in [0, 0.05) is 12.4 Å². The molecule has 0 fully saturated rings. The minimum absolute atomic E-state index is 0.321. The zero-order valence-corrected chi connectivity index (χ0v) is 5.31. The van der Waals surface area contributed by atoms with E-state index in [1.807, 2.05) is 0 Å². The summed E-state index contributed by atoms with van der Waals surface area (Å²) in [5, 5.41) is 17.4. The van der Waals surface area contributed by atoms with E-state index in [-0.39, 0.29) is 6.61 Å². The molecule has 1 aromatic rings. The van der Waals surface area contributed by atoms with Crippen LogP contribution in [0, 0.1) is 0 Å². The van der Waals surface area contributed by atoms with Gasteiger partial charge in [-0.05, 0) is 0 Å². The predicted molar refractivity (Wildman–Crippen MR) is 34.1 cm³/mol. The number of aromatic nitrogens is 2. The summed E-state index contributed by atoms with van der Waals surface area (Å²) in [4.78, 5) is 7.50. The van der Waals surface area contributed by atoms with E-state index >= 15 is 0 Å². The summed E-state index contributed by atoms with van der Waals surface area (Å²) < 4.78 is 0. The fourth-order valence-corrected chi connectivity index (χ4v) is 0.576. The topological polar surface area (TPSA) is 66.2 Å². The Morgan fingerprint density at radius 2 is 2.30 bits per heavy atom. The molecule has 1 heterocycles. The third-order valence-corrected chi connectivity index (χ3v) is 1.10. The summed E-state index contributed by atoms with van der Waals surface area (Å²) in [6.07, 6.45) is 3.48. The van der Waals surface area contributed by atoms with Gasteiger partial charge in [-0.1, -0.05) is 0 Å². The molecule has 0 aliphatic rings. The predicted octanol–water partition coefficient (Wildman–Crippen LogP) is -0.498. The van der Waals surface area contributed by atoms with Crippen LogP contribution < -0.4 is 0 Å². The highest BCUT2D eigenvalue weighted by Gasteiger charge is 2.04. The van der Waals surface area contributed by atoms with E-state index in [4.69, 9.17) is 10.2 Å². The Morgan fingerprint density at radius 1 is 1.50 bits per heavy atom. The third kappa shape index (κ3) is 1.49. The number of nitrogens with zero attached hydrogens (tertiary/aromatic N) is 2. The normalized spacial score (nSPS) is 13.0. The zero-order valence-electron chi connectivity index (χ0n) is 5.31. The molecule has 1 aromatic heterocycles. The molecular formula is C6H8N2O2. The Hall–Kier alpha value is -1.00. The maximum Gasteiger partial charge on any atom is 0.120 e. The third-order valence-electron chi connectivity index (χ3n) is 1.10. The molecular weight excluding hydrogens is 132 g/mol. The SMILES string of the molecule is OC[C@H](O)c1cnccn1. The van der Waals surface area contributed by atoms with Crippen molar-refractivity contribution < 1.29 is 10.2 Å². The van der Waals surface area contributed by atoms with E-state index in [9.17, 15) is 0 Å². The van der Waals surface area contributed by atoms with Gasteiger partial charge in [-0.3, -0.25) is 9.97 Å². The lowest BCUT2D eigenvalue weighted by Crippen LogP contribution is -2.04. The van der Waals surface area contributed by atoms with Gasteiger partial charge in [0.1, 0.15) is 6.10 Å². The molecule has 2 N–H and O–H groups in total. The van der Waals surface area contributed by atoms with Gasteiger partial charge in [-0.15, -0.1) is 0 Å². The van der Waals surface area contributed by atoms with Crippen molar-refractivity contribution in [2.45, 2.75) is 6.10 Å².